The molecule has 0 spiro atoms. The van der Waals surface area contributed by atoms with Gasteiger partial charge in [-0.2, -0.15) is 0 Å². The predicted octanol–water partition coefficient (Wildman–Crippen LogP) is 5.17. The Bertz CT molecular complexity index is 1420. The smallest absolute Gasteiger partial charge is 0.294 e. The summed E-state index contributed by atoms with van der Waals surface area (Å²) >= 11 is 0.596. The molecule has 0 aromatic heterocycles. The maximum atomic E-state index is 12.9. The standard InChI is InChI=1S/C27H23N3O7S/c1-17-8-10-20(11-9-17)28-25(31)15-29-26(32)24(38-27(29)33)13-19-12-22(36-2)23(14-21(19)30(34)35)37-16-18-6-4-3-5-7-18/h3-14H,15-16H2,1-2H3,(H,28,31)/b24-13+. The van der Waals surface area contributed by atoms with Gasteiger partial charge in [-0.1, -0.05) is 48.0 Å². The molecule has 3 amide bonds. The normalized spacial score (nSPS) is 14.1. The van der Waals surface area contributed by atoms with Gasteiger partial charge in [-0.3, -0.25) is 29.4 Å². The number of imide groups is 1. The minimum atomic E-state index is -0.725. The van der Waals surface area contributed by atoms with Crippen molar-refractivity contribution in [3.63, 3.8) is 0 Å². The third-order valence-electron chi connectivity index (χ3n) is 5.54. The van der Waals surface area contributed by atoms with Crippen LogP contribution in [0.1, 0.15) is 16.7 Å². The molecule has 0 radical (unpaired) electrons. The number of nitrogens with one attached hydrogen (secondary N) is 1. The van der Waals surface area contributed by atoms with Crippen LogP contribution in [0.25, 0.3) is 6.08 Å². The van der Waals surface area contributed by atoms with Gasteiger partial charge in [0.05, 0.1) is 28.6 Å². The first-order valence-electron chi connectivity index (χ1n) is 11.4. The van der Waals surface area contributed by atoms with E-state index in [-0.39, 0.29) is 34.3 Å². The van der Waals surface area contributed by atoms with Crippen molar-refractivity contribution in [3.8, 4) is 11.5 Å². The summed E-state index contributed by atoms with van der Waals surface area (Å²) < 4.78 is 11.1. The molecule has 0 aliphatic carbocycles. The van der Waals surface area contributed by atoms with Crippen molar-refractivity contribution in [2.24, 2.45) is 0 Å². The van der Waals surface area contributed by atoms with Gasteiger partial charge in [0.1, 0.15) is 13.2 Å². The molecule has 0 saturated carbocycles. The Kier molecular flexibility index (Phi) is 8.07. The van der Waals surface area contributed by atoms with Crippen LogP contribution in [-0.4, -0.2) is 40.5 Å². The number of anilines is 1. The van der Waals surface area contributed by atoms with E-state index in [1.54, 1.807) is 12.1 Å². The fourth-order valence-electron chi connectivity index (χ4n) is 3.60. The van der Waals surface area contributed by atoms with Crippen LogP contribution in [0.3, 0.4) is 0 Å². The lowest BCUT2D eigenvalue weighted by atomic mass is 10.1. The van der Waals surface area contributed by atoms with Crippen molar-refractivity contribution in [2.75, 3.05) is 19.0 Å². The highest BCUT2D eigenvalue weighted by Crippen LogP contribution is 2.39. The van der Waals surface area contributed by atoms with Crippen molar-refractivity contribution in [1.82, 2.24) is 4.90 Å². The molecule has 1 aliphatic heterocycles. The minimum Gasteiger partial charge on any atom is -0.493 e. The summed E-state index contributed by atoms with van der Waals surface area (Å²) in [6, 6.07) is 18.9. The molecule has 0 unspecified atom stereocenters. The van der Waals surface area contributed by atoms with Gasteiger partial charge in [0.25, 0.3) is 16.8 Å². The van der Waals surface area contributed by atoms with Crippen LogP contribution < -0.4 is 14.8 Å². The largest absolute Gasteiger partial charge is 0.493 e. The molecule has 0 atom stereocenters. The van der Waals surface area contributed by atoms with E-state index in [1.165, 1.54) is 25.3 Å². The number of thioether (sulfide) groups is 1. The highest BCUT2D eigenvalue weighted by molar-refractivity contribution is 8.18. The van der Waals surface area contributed by atoms with E-state index in [1.807, 2.05) is 49.4 Å². The average molecular weight is 534 g/mol. The first-order valence-corrected chi connectivity index (χ1v) is 12.2. The second kappa shape index (κ2) is 11.6. The number of hydrogen-bond donors (Lipinski definition) is 1. The van der Waals surface area contributed by atoms with Gasteiger partial charge in [0.2, 0.25) is 5.91 Å². The van der Waals surface area contributed by atoms with E-state index in [0.717, 1.165) is 16.0 Å². The quantitative estimate of drug-likeness (QED) is 0.227. The third-order valence-corrected chi connectivity index (χ3v) is 6.45. The number of ether oxygens (including phenoxy) is 2. The predicted molar refractivity (Wildman–Crippen MR) is 143 cm³/mol. The zero-order chi connectivity index (χ0) is 27.2. The van der Waals surface area contributed by atoms with E-state index in [9.17, 15) is 24.5 Å². The molecule has 4 rings (SSSR count). The minimum absolute atomic E-state index is 0.0496. The fraction of sp³-hybridized carbons (Fsp3) is 0.148. The molecule has 1 fully saturated rings. The molecule has 1 saturated heterocycles. The molecule has 0 bridgehead atoms. The molecule has 38 heavy (non-hydrogen) atoms. The SMILES string of the molecule is COc1cc(/C=C2/SC(=O)N(CC(=O)Nc3ccc(C)cc3)C2=O)c([N+](=O)[O-])cc1OCc1ccccc1. The number of methoxy groups -OCH3 is 1. The van der Waals surface area contributed by atoms with Crippen molar-refractivity contribution >= 4 is 46.3 Å². The summed E-state index contributed by atoms with van der Waals surface area (Å²) in [6.07, 6.45) is 1.24. The van der Waals surface area contributed by atoms with Crippen molar-refractivity contribution in [3.05, 3.63) is 98.4 Å². The molecular weight excluding hydrogens is 510 g/mol. The zero-order valence-electron chi connectivity index (χ0n) is 20.5. The summed E-state index contributed by atoms with van der Waals surface area (Å²) in [5, 5.41) is 13.8. The van der Waals surface area contributed by atoms with Gasteiger partial charge in [-0.05, 0) is 48.5 Å². The molecule has 3 aromatic carbocycles. The fourth-order valence-corrected chi connectivity index (χ4v) is 4.43. The van der Waals surface area contributed by atoms with E-state index in [0.29, 0.717) is 17.4 Å². The highest BCUT2D eigenvalue weighted by atomic mass is 32.2. The molecule has 1 heterocycles. The zero-order valence-corrected chi connectivity index (χ0v) is 21.3. The first-order chi connectivity index (χ1) is 18.2. The lowest BCUT2D eigenvalue weighted by Crippen LogP contribution is -2.36. The Morgan fingerprint density at radius 3 is 2.45 bits per heavy atom. The first kappa shape index (κ1) is 26.4. The maximum absolute atomic E-state index is 12.9. The number of nitro benzene ring substituents is 1. The second-order valence-corrected chi connectivity index (χ2v) is 9.27. The van der Waals surface area contributed by atoms with Gasteiger partial charge in [-0.15, -0.1) is 0 Å². The molecule has 3 aromatic rings. The second-order valence-electron chi connectivity index (χ2n) is 8.28. The molecule has 1 aliphatic rings. The van der Waals surface area contributed by atoms with Crippen molar-refractivity contribution in [2.45, 2.75) is 13.5 Å². The topological polar surface area (TPSA) is 128 Å². The van der Waals surface area contributed by atoms with Crippen molar-refractivity contribution in [1.29, 1.82) is 0 Å². The van der Waals surface area contributed by atoms with Gasteiger partial charge in [0, 0.05) is 5.69 Å². The average Bonchev–Trinajstić information content (AvgIpc) is 3.16. The highest BCUT2D eigenvalue weighted by Gasteiger charge is 2.37. The Morgan fingerprint density at radius 1 is 1.08 bits per heavy atom. The van der Waals surface area contributed by atoms with Crippen LogP contribution in [0, 0.1) is 17.0 Å². The van der Waals surface area contributed by atoms with Gasteiger partial charge >= 0.3 is 0 Å². The monoisotopic (exact) mass is 533 g/mol. The molecular formula is C27H23N3O7S. The third kappa shape index (κ3) is 6.19. The van der Waals surface area contributed by atoms with Crippen molar-refractivity contribution < 1.29 is 28.8 Å². The Hall–Kier alpha value is -4.64. The summed E-state index contributed by atoms with van der Waals surface area (Å²) in [5.74, 6) is -0.905. The van der Waals surface area contributed by atoms with Gasteiger partial charge < -0.3 is 14.8 Å². The van der Waals surface area contributed by atoms with Crippen LogP contribution in [-0.2, 0) is 16.2 Å². The van der Waals surface area contributed by atoms with Crippen LogP contribution in [0.4, 0.5) is 16.2 Å². The number of carbonyl (C=O) groups is 3. The van der Waals surface area contributed by atoms with Crippen LogP contribution in [0.15, 0.2) is 71.6 Å². The molecule has 1 N–H and O–H groups in total. The number of nitrogens with zero attached hydrogens (tertiary/aromatic N) is 2. The van der Waals surface area contributed by atoms with E-state index in [4.69, 9.17) is 9.47 Å². The summed E-state index contributed by atoms with van der Waals surface area (Å²) in [4.78, 5) is 49.8. The molecule has 11 heteroatoms. The van der Waals surface area contributed by atoms with E-state index >= 15 is 0 Å². The maximum Gasteiger partial charge on any atom is 0.294 e. The Balaban J connectivity index is 1.54. The number of amides is 3. The Morgan fingerprint density at radius 2 is 1.79 bits per heavy atom. The number of nitro groups is 1. The van der Waals surface area contributed by atoms with E-state index in [2.05, 4.69) is 5.32 Å². The number of hydrogen-bond acceptors (Lipinski definition) is 8. The van der Waals surface area contributed by atoms with Crippen LogP contribution >= 0.6 is 11.8 Å². The summed E-state index contributed by atoms with van der Waals surface area (Å²) in [6.45, 7) is 1.58. The number of benzene rings is 3. The summed E-state index contributed by atoms with van der Waals surface area (Å²) in [7, 11) is 1.39. The van der Waals surface area contributed by atoms with E-state index < -0.39 is 28.5 Å². The van der Waals surface area contributed by atoms with Crippen LogP contribution in [0.5, 0.6) is 11.5 Å². The molecule has 194 valence electrons. The summed E-state index contributed by atoms with van der Waals surface area (Å²) in [5.41, 5.74) is 2.12. The number of rotatable bonds is 9. The van der Waals surface area contributed by atoms with Crippen LogP contribution in [0.2, 0.25) is 0 Å². The number of carbonyl (C=O) groups excluding carboxylic acids is 3. The van der Waals surface area contributed by atoms with Gasteiger partial charge in [-0.25, -0.2) is 0 Å². The molecule has 10 nitrogen and oxygen atoms in total. The lowest BCUT2D eigenvalue weighted by molar-refractivity contribution is -0.385. The lowest BCUT2D eigenvalue weighted by Gasteiger charge is -2.13. The van der Waals surface area contributed by atoms with Gasteiger partial charge in [0.15, 0.2) is 11.5 Å². The Labute approximate surface area is 222 Å². The number of aryl methyl sites for hydroxylation is 1.